The molecular formula is C21H17FOSe2. The Hall–Kier alpha value is -1.70. The van der Waals surface area contributed by atoms with Gasteiger partial charge in [0.25, 0.3) is 0 Å². The summed E-state index contributed by atoms with van der Waals surface area (Å²) in [6, 6.07) is 25.0. The van der Waals surface area contributed by atoms with Crippen LogP contribution in [0.25, 0.3) is 0 Å². The summed E-state index contributed by atoms with van der Waals surface area (Å²) in [6.07, 6.45) is 0. The average Bonchev–Trinajstić information content (AvgIpc) is 2.64. The maximum atomic E-state index is 13.9. The Labute approximate surface area is 160 Å². The van der Waals surface area contributed by atoms with Crippen molar-refractivity contribution in [3.63, 3.8) is 0 Å². The van der Waals surface area contributed by atoms with Crippen molar-refractivity contribution in [1.82, 2.24) is 0 Å². The van der Waals surface area contributed by atoms with Crippen LogP contribution in [0.4, 0.5) is 4.39 Å². The van der Waals surface area contributed by atoms with Gasteiger partial charge in [-0.3, -0.25) is 0 Å². The molecule has 1 nitrogen and oxygen atoms in total. The third-order valence-electron chi connectivity index (χ3n) is 3.64. The summed E-state index contributed by atoms with van der Waals surface area (Å²) in [6.45, 7) is 1.71. The molecule has 3 aromatic carbocycles. The predicted molar refractivity (Wildman–Crippen MR) is 103 cm³/mol. The van der Waals surface area contributed by atoms with Crippen LogP contribution in [0.2, 0.25) is 3.71 Å². The number of hydrogen-bond acceptors (Lipinski definition) is 1. The number of ketones is 1. The van der Waals surface area contributed by atoms with E-state index in [0.717, 1.165) is 0 Å². The molecule has 0 radical (unpaired) electrons. The van der Waals surface area contributed by atoms with Gasteiger partial charge in [0.1, 0.15) is 0 Å². The molecule has 4 heteroatoms. The Balaban J connectivity index is 1.88. The fraction of sp³-hybridized carbons (Fsp3) is 0.0952. The van der Waals surface area contributed by atoms with Crippen LogP contribution in [0.5, 0.6) is 0 Å². The van der Waals surface area contributed by atoms with Crippen LogP contribution in [0.15, 0.2) is 78.9 Å². The molecule has 0 saturated carbocycles. The molecule has 126 valence electrons. The average molecular weight is 462 g/mol. The van der Waals surface area contributed by atoms with Gasteiger partial charge in [-0.1, -0.05) is 0 Å². The summed E-state index contributed by atoms with van der Waals surface area (Å²) >= 11 is 0.0189. The van der Waals surface area contributed by atoms with Gasteiger partial charge in [0.15, 0.2) is 0 Å². The number of benzene rings is 3. The van der Waals surface area contributed by atoms with Gasteiger partial charge in [-0.2, -0.15) is 0 Å². The number of Topliss-reactive ketones (excluding diaryl/α,β-unsaturated/α-hetero) is 1. The third-order valence-corrected chi connectivity index (χ3v) is 9.82. The summed E-state index contributed by atoms with van der Waals surface area (Å²) in [7, 11) is 0. The van der Waals surface area contributed by atoms with Crippen molar-refractivity contribution >= 4 is 44.6 Å². The molecular weight excluding hydrogens is 445 g/mol. The monoisotopic (exact) mass is 464 g/mol. The summed E-state index contributed by atoms with van der Waals surface area (Å²) in [5.41, 5.74) is 1.04. The molecule has 0 spiro atoms. The molecule has 0 aliphatic heterocycles. The zero-order chi connectivity index (χ0) is 17.6. The van der Waals surface area contributed by atoms with Crippen LogP contribution in [-0.4, -0.2) is 35.7 Å². The molecule has 0 fully saturated rings. The van der Waals surface area contributed by atoms with Gasteiger partial charge in [0.05, 0.1) is 0 Å². The molecule has 3 rings (SSSR count). The summed E-state index contributed by atoms with van der Waals surface area (Å²) in [5, 5.41) is 0. The van der Waals surface area contributed by atoms with Gasteiger partial charge >= 0.3 is 160 Å². The zero-order valence-corrected chi connectivity index (χ0v) is 17.1. The van der Waals surface area contributed by atoms with E-state index in [4.69, 9.17) is 0 Å². The van der Waals surface area contributed by atoms with E-state index in [0.29, 0.717) is 11.1 Å². The molecule has 25 heavy (non-hydrogen) atoms. The first kappa shape index (κ1) is 18.1. The number of hydrogen-bond donors (Lipinski definition) is 0. The Morgan fingerprint density at radius 1 is 0.840 bits per heavy atom. The quantitative estimate of drug-likeness (QED) is 0.407. The van der Waals surface area contributed by atoms with Crippen molar-refractivity contribution in [2.24, 2.45) is 0 Å². The summed E-state index contributed by atoms with van der Waals surface area (Å²) in [4.78, 5) is 13.1. The molecule has 0 amide bonds. The molecule has 0 atom stereocenters. The Kier molecular flexibility index (Phi) is 6.23. The second-order valence-corrected chi connectivity index (χ2v) is 12.0. The normalized spacial score (nSPS) is 10.8. The topological polar surface area (TPSA) is 17.1 Å². The maximum absolute atomic E-state index is 13.9. The van der Waals surface area contributed by atoms with Crippen LogP contribution in [0, 0.1) is 12.7 Å². The molecule has 0 aliphatic rings. The molecule has 0 unspecified atom stereocenters. The second-order valence-electron chi connectivity index (χ2n) is 5.52. The van der Waals surface area contributed by atoms with Crippen LogP contribution in [-0.2, 0) is 0 Å². The minimum atomic E-state index is -0.316. The molecule has 0 aromatic heterocycles. The molecule has 0 aliphatic carbocycles. The molecule has 0 bridgehead atoms. The first-order valence-corrected chi connectivity index (χ1v) is 11.6. The van der Waals surface area contributed by atoms with Gasteiger partial charge in [-0.05, 0) is 0 Å². The fourth-order valence-corrected chi connectivity index (χ4v) is 8.68. The van der Waals surface area contributed by atoms with E-state index in [1.165, 1.54) is 15.0 Å². The van der Waals surface area contributed by atoms with E-state index in [-0.39, 0.29) is 45.2 Å². The van der Waals surface area contributed by atoms with Crippen LogP contribution in [0.1, 0.15) is 15.9 Å². The number of aryl methyl sites for hydroxylation is 1. The first-order chi connectivity index (χ1) is 12.1. The SMILES string of the molecule is Cc1ccc(C(=O)C([Se]c2ccccc2)[Se]c2ccccc2)cc1F. The fourth-order valence-electron chi connectivity index (χ4n) is 2.26. The third kappa shape index (κ3) is 4.90. The van der Waals surface area contributed by atoms with E-state index in [9.17, 15) is 9.18 Å². The van der Waals surface area contributed by atoms with Crippen molar-refractivity contribution in [3.8, 4) is 0 Å². The van der Waals surface area contributed by atoms with Crippen molar-refractivity contribution in [3.05, 3.63) is 95.8 Å². The van der Waals surface area contributed by atoms with E-state index in [1.54, 1.807) is 19.1 Å². The zero-order valence-electron chi connectivity index (χ0n) is 13.7. The van der Waals surface area contributed by atoms with Crippen molar-refractivity contribution in [2.75, 3.05) is 0 Å². The second kappa shape index (κ2) is 8.60. The standard InChI is InChI=1S/C21H17FOSe2/c1-15-12-13-16(14-19(15)22)20(23)21(24-17-8-4-2-5-9-17)25-18-10-6-3-7-11-18/h2-14,21H,1H3. The molecule has 3 aromatic rings. The van der Waals surface area contributed by atoms with Crippen LogP contribution in [0.3, 0.4) is 0 Å². The molecule has 0 heterocycles. The summed E-state index contributed by atoms with van der Waals surface area (Å²) < 4.78 is 16.2. The first-order valence-electron chi connectivity index (χ1n) is 7.87. The number of halogens is 1. The molecule has 0 N–H and O–H groups in total. The Morgan fingerprint density at radius 3 is 1.84 bits per heavy atom. The van der Waals surface area contributed by atoms with Crippen molar-refractivity contribution in [1.29, 1.82) is 0 Å². The minimum absolute atomic E-state index is 0.00947. The predicted octanol–water partition coefficient (Wildman–Crippen LogP) is 3.12. The van der Waals surface area contributed by atoms with Gasteiger partial charge < -0.3 is 0 Å². The number of carbonyl (C=O) groups is 1. The Morgan fingerprint density at radius 2 is 1.36 bits per heavy atom. The van der Waals surface area contributed by atoms with E-state index in [2.05, 4.69) is 24.3 Å². The number of carbonyl (C=O) groups excluding carboxylic acids is 1. The van der Waals surface area contributed by atoms with E-state index >= 15 is 0 Å². The van der Waals surface area contributed by atoms with E-state index in [1.807, 2.05) is 36.4 Å². The van der Waals surface area contributed by atoms with Gasteiger partial charge in [0, 0.05) is 0 Å². The van der Waals surface area contributed by atoms with Crippen LogP contribution >= 0.6 is 0 Å². The van der Waals surface area contributed by atoms with Crippen LogP contribution < -0.4 is 8.92 Å². The Bertz CT molecular complexity index is 809. The summed E-state index contributed by atoms with van der Waals surface area (Å²) in [5.74, 6) is -0.268. The van der Waals surface area contributed by atoms with Gasteiger partial charge in [-0.25, -0.2) is 0 Å². The van der Waals surface area contributed by atoms with Crippen molar-refractivity contribution < 1.29 is 9.18 Å². The molecule has 0 saturated heterocycles. The number of rotatable bonds is 6. The van der Waals surface area contributed by atoms with E-state index < -0.39 is 0 Å². The van der Waals surface area contributed by atoms with Gasteiger partial charge in [-0.15, -0.1) is 0 Å². The van der Waals surface area contributed by atoms with Gasteiger partial charge in [0.2, 0.25) is 0 Å². The van der Waals surface area contributed by atoms with Crippen molar-refractivity contribution in [2.45, 2.75) is 10.6 Å².